The van der Waals surface area contributed by atoms with Crippen molar-refractivity contribution >= 4 is 28.5 Å². The third-order valence-electron chi connectivity index (χ3n) is 8.04. The van der Waals surface area contributed by atoms with E-state index in [2.05, 4.69) is 5.32 Å². The molecule has 2 N–H and O–H groups in total. The number of nitrogens with one attached hydrogen (secondary N) is 1. The number of carbonyl (C=O) groups excluding carboxylic acids is 2. The highest BCUT2D eigenvalue weighted by Crippen LogP contribution is 2.50. The lowest BCUT2D eigenvalue weighted by atomic mass is 9.68. The number of piperidine rings is 1. The third kappa shape index (κ3) is 4.27. The number of halogens is 1. The van der Waals surface area contributed by atoms with Gasteiger partial charge in [-0.25, -0.2) is 9.18 Å². The van der Waals surface area contributed by atoms with Crippen molar-refractivity contribution < 1.29 is 28.6 Å². The topological polar surface area (TPSA) is 96.3 Å². The first-order chi connectivity index (χ1) is 18.3. The number of amides is 3. The first-order valence-electron chi connectivity index (χ1n) is 12.7. The lowest BCUT2D eigenvalue weighted by Crippen LogP contribution is -2.57. The molecule has 1 fully saturated rings. The van der Waals surface area contributed by atoms with E-state index in [0.29, 0.717) is 38.2 Å². The van der Waals surface area contributed by atoms with Crippen LogP contribution < -0.4 is 10.1 Å². The second kappa shape index (κ2) is 10.3. The molecule has 9 nitrogen and oxygen atoms in total. The predicted octanol–water partition coefficient (Wildman–Crippen LogP) is 3.41. The van der Waals surface area contributed by atoms with Crippen molar-refractivity contribution in [2.24, 2.45) is 7.05 Å². The van der Waals surface area contributed by atoms with Gasteiger partial charge in [-0.05, 0) is 42.7 Å². The standard InChI is InChI=1S/C28H33FN4O5/c1-31-22-14-18(38-3)8-9-19(22)25-26(31)23(15-34)33(27(36)30-21-7-5-4-6-20(21)29)17-28(25)10-12-32(13-11-28)24(35)16-37-2/h4-9,14,23,34H,10-13,15-17H2,1-3H3,(H,30,36)/t23-/m0/s1. The number of methoxy groups -OCH3 is 2. The molecule has 1 spiro atoms. The van der Waals surface area contributed by atoms with E-state index in [1.807, 2.05) is 29.8 Å². The number of aliphatic hydroxyl groups excluding tert-OH is 1. The number of anilines is 1. The molecule has 0 unspecified atom stereocenters. The summed E-state index contributed by atoms with van der Waals surface area (Å²) in [7, 11) is 5.04. The van der Waals surface area contributed by atoms with Crippen LogP contribution in [0.3, 0.4) is 0 Å². The van der Waals surface area contributed by atoms with Gasteiger partial charge in [-0.1, -0.05) is 12.1 Å². The van der Waals surface area contributed by atoms with Crippen LogP contribution in [0.25, 0.3) is 10.9 Å². The molecule has 0 radical (unpaired) electrons. The minimum absolute atomic E-state index is 0.0239. The van der Waals surface area contributed by atoms with E-state index in [4.69, 9.17) is 9.47 Å². The quantitative estimate of drug-likeness (QED) is 0.533. The molecule has 3 aromatic rings. The van der Waals surface area contributed by atoms with E-state index in [1.54, 1.807) is 29.0 Å². The van der Waals surface area contributed by atoms with Crippen LogP contribution in [0.1, 0.15) is 30.1 Å². The molecule has 0 aliphatic carbocycles. The van der Waals surface area contributed by atoms with E-state index < -0.39 is 23.3 Å². The zero-order valence-electron chi connectivity index (χ0n) is 21.9. The van der Waals surface area contributed by atoms with Crippen molar-refractivity contribution in [1.29, 1.82) is 0 Å². The third-order valence-corrected chi connectivity index (χ3v) is 8.04. The molecule has 2 aliphatic heterocycles. The SMILES string of the molecule is COCC(=O)N1CCC2(CC1)CN(C(=O)Nc1ccccc1F)[C@@H](CO)c1c2c2ccc(OC)cc2n1C. The minimum atomic E-state index is -0.640. The molecule has 10 heteroatoms. The zero-order chi connectivity index (χ0) is 27.0. The molecule has 0 bridgehead atoms. The summed E-state index contributed by atoms with van der Waals surface area (Å²) >= 11 is 0. The molecular formula is C28H33FN4O5. The van der Waals surface area contributed by atoms with Crippen LogP contribution in [0.4, 0.5) is 14.9 Å². The van der Waals surface area contributed by atoms with Gasteiger partial charge in [0.15, 0.2) is 0 Å². The number of aliphatic hydroxyl groups is 1. The summed E-state index contributed by atoms with van der Waals surface area (Å²) in [5.41, 5.74) is 2.47. The van der Waals surface area contributed by atoms with Gasteiger partial charge in [-0.15, -0.1) is 0 Å². The maximum atomic E-state index is 14.4. The maximum absolute atomic E-state index is 14.4. The van der Waals surface area contributed by atoms with E-state index in [9.17, 15) is 19.1 Å². The molecule has 1 saturated heterocycles. The molecule has 3 heterocycles. The average molecular weight is 525 g/mol. The number of fused-ring (bicyclic) bond motifs is 4. The largest absolute Gasteiger partial charge is 0.497 e. The predicted molar refractivity (Wildman–Crippen MR) is 141 cm³/mol. The van der Waals surface area contributed by atoms with E-state index >= 15 is 0 Å². The van der Waals surface area contributed by atoms with Gasteiger partial charge in [0.1, 0.15) is 18.2 Å². The number of urea groups is 1. The fourth-order valence-corrected chi connectivity index (χ4v) is 6.13. The van der Waals surface area contributed by atoms with Gasteiger partial charge in [-0.3, -0.25) is 4.79 Å². The van der Waals surface area contributed by atoms with Gasteiger partial charge >= 0.3 is 6.03 Å². The molecule has 2 aliphatic rings. The number of aryl methyl sites for hydroxylation is 1. The highest BCUT2D eigenvalue weighted by molar-refractivity contribution is 5.92. The van der Waals surface area contributed by atoms with Crippen molar-refractivity contribution in [3.8, 4) is 5.75 Å². The Labute approximate surface area is 220 Å². The molecule has 1 atom stereocenters. The van der Waals surface area contributed by atoms with Crippen molar-refractivity contribution in [1.82, 2.24) is 14.4 Å². The Balaban J connectivity index is 1.60. The highest BCUT2D eigenvalue weighted by atomic mass is 19.1. The van der Waals surface area contributed by atoms with Crippen LogP contribution in [-0.2, 0) is 22.0 Å². The number of aromatic nitrogens is 1. The maximum Gasteiger partial charge on any atom is 0.322 e. The first kappa shape index (κ1) is 26.0. The number of hydrogen-bond donors (Lipinski definition) is 2. The summed E-state index contributed by atoms with van der Waals surface area (Å²) in [4.78, 5) is 29.6. The van der Waals surface area contributed by atoms with E-state index in [0.717, 1.165) is 22.2 Å². The normalized spacial score (nSPS) is 18.5. The number of ether oxygens (including phenoxy) is 2. The Morgan fingerprint density at radius 3 is 2.55 bits per heavy atom. The summed E-state index contributed by atoms with van der Waals surface area (Å²) in [5, 5.41) is 14.3. The van der Waals surface area contributed by atoms with Crippen molar-refractivity contribution in [3.05, 3.63) is 59.5 Å². The average Bonchev–Trinajstić information content (AvgIpc) is 3.23. The minimum Gasteiger partial charge on any atom is -0.497 e. The van der Waals surface area contributed by atoms with Gasteiger partial charge in [0.05, 0.1) is 31.0 Å². The van der Waals surface area contributed by atoms with Gasteiger partial charge in [0.25, 0.3) is 0 Å². The number of carbonyl (C=O) groups is 2. The molecule has 0 saturated carbocycles. The van der Waals surface area contributed by atoms with Crippen LogP contribution in [0.2, 0.25) is 0 Å². The van der Waals surface area contributed by atoms with E-state index in [1.165, 1.54) is 19.2 Å². The number of para-hydroxylation sites is 1. The Hall–Kier alpha value is -3.63. The number of hydrogen-bond acceptors (Lipinski definition) is 5. The van der Waals surface area contributed by atoms with Gasteiger partial charge < -0.3 is 34.3 Å². The number of benzene rings is 2. The van der Waals surface area contributed by atoms with Gasteiger partial charge in [0.2, 0.25) is 5.91 Å². The van der Waals surface area contributed by atoms with Crippen molar-refractivity contribution in [2.45, 2.75) is 24.3 Å². The van der Waals surface area contributed by atoms with Crippen LogP contribution in [0.5, 0.6) is 5.75 Å². The highest BCUT2D eigenvalue weighted by Gasteiger charge is 2.50. The van der Waals surface area contributed by atoms with Crippen molar-refractivity contribution in [2.75, 3.05) is 52.4 Å². The second-order valence-corrected chi connectivity index (χ2v) is 10.0. The van der Waals surface area contributed by atoms with Gasteiger partial charge in [0, 0.05) is 56.4 Å². The first-order valence-corrected chi connectivity index (χ1v) is 12.7. The lowest BCUT2D eigenvalue weighted by Gasteiger charge is -2.50. The zero-order valence-corrected chi connectivity index (χ0v) is 21.9. The fraction of sp³-hybridized carbons (Fsp3) is 0.429. The molecule has 1 aromatic heterocycles. The molecule has 2 aromatic carbocycles. The monoisotopic (exact) mass is 524 g/mol. The Bertz CT molecular complexity index is 1360. The fourth-order valence-electron chi connectivity index (χ4n) is 6.13. The Morgan fingerprint density at radius 1 is 1.16 bits per heavy atom. The van der Waals surface area contributed by atoms with E-state index in [-0.39, 0.29) is 24.8 Å². The molecule has 38 heavy (non-hydrogen) atoms. The number of nitrogens with zero attached hydrogens (tertiary/aromatic N) is 3. The summed E-state index contributed by atoms with van der Waals surface area (Å²) in [5.74, 6) is 0.109. The summed E-state index contributed by atoms with van der Waals surface area (Å²) in [6, 6.07) is 10.8. The van der Waals surface area contributed by atoms with Crippen LogP contribution in [0, 0.1) is 5.82 Å². The molecule has 202 valence electrons. The summed E-state index contributed by atoms with van der Waals surface area (Å²) in [6.07, 6.45) is 1.25. The van der Waals surface area contributed by atoms with Crippen LogP contribution in [0.15, 0.2) is 42.5 Å². The Morgan fingerprint density at radius 2 is 1.89 bits per heavy atom. The molecular weight excluding hydrogens is 491 g/mol. The summed E-state index contributed by atoms with van der Waals surface area (Å²) in [6.45, 7) is 1.08. The molecule has 5 rings (SSSR count). The van der Waals surface area contributed by atoms with Gasteiger partial charge in [-0.2, -0.15) is 0 Å². The van der Waals surface area contributed by atoms with Crippen molar-refractivity contribution in [3.63, 3.8) is 0 Å². The number of rotatable bonds is 5. The Kier molecular flexibility index (Phi) is 7.02. The smallest absolute Gasteiger partial charge is 0.322 e. The van der Waals surface area contributed by atoms with Crippen LogP contribution in [-0.4, -0.2) is 78.5 Å². The number of likely N-dealkylation sites (tertiary alicyclic amines) is 1. The molecule has 3 amide bonds. The van der Waals surface area contributed by atoms with Crippen LogP contribution >= 0.6 is 0 Å². The summed E-state index contributed by atoms with van der Waals surface area (Å²) < 4.78 is 26.9. The lowest BCUT2D eigenvalue weighted by molar-refractivity contribution is -0.137. The second-order valence-electron chi connectivity index (χ2n) is 10.0.